The monoisotopic (exact) mass is 400 g/mol. The van der Waals surface area contributed by atoms with Crippen LogP contribution >= 0.6 is 0 Å². The molecule has 0 unspecified atom stereocenters. The van der Waals surface area contributed by atoms with Crippen LogP contribution in [0, 0.1) is 12.7 Å². The van der Waals surface area contributed by atoms with E-state index in [1.165, 1.54) is 23.7 Å². The first-order chi connectivity index (χ1) is 13.7. The molecular formula is C19H15F3N6O. The van der Waals surface area contributed by atoms with Crippen LogP contribution in [-0.2, 0) is 5.92 Å². The Hall–Kier alpha value is -3.69. The van der Waals surface area contributed by atoms with E-state index in [2.05, 4.69) is 25.6 Å². The van der Waals surface area contributed by atoms with Crippen LogP contribution in [0.1, 0.15) is 34.4 Å². The molecule has 0 atom stereocenters. The maximum absolute atomic E-state index is 15.1. The molecule has 0 bridgehead atoms. The van der Waals surface area contributed by atoms with Crippen molar-refractivity contribution in [2.45, 2.75) is 19.8 Å². The molecule has 1 aromatic carbocycles. The SMILES string of the molecule is CC(=O)c1cc2c(Nc3cc(C)[nH]n3)nc(C(F)(F)c3ccc(F)cc3)nn2c1. The van der Waals surface area contributed by atoms with Gasteiger partial charge in [-0.1, -0.05) is 0 Å². The number of Topliss-reactive ketones (excluding diaryl/α,β-unsaturated/α-hetero) is 1. The highest BCUT2D eigenvalue weighted by molar-refractivity contribution is 5.96. The number of aromatic amines is 1. The summed E-state index contributed by atoms with van der Waals surface area (Å²) in [5.41, 5.74) is 0.922. The molecule has 0 aliphatic heterocycles. The van der Waals surface area contributed by atoms with Crippen LogP contribution in [0.15, 0.2) is 42.6 Å². The van der Waals surface area contributed by atoms with Gasteiger partial charge in [-0.05, 0) is 44.2 Å². The lowest BCUT2D eigenvalue weighted by Crippen LogP contribution is -2.21. The standard InChI is InChI=1S/C19H15F3N6O/c1-10-7-16(26-25-10)23-17-15-8-12(11(2)29)9-28(15)27-18(24-17)19(21,22)13-3-5-14(20)6-4-13/h3-9H,1-2H3,(H2,23,24,25,26,27). The molecule has 29 heavy (non-hydrogen) atoms. The summed E-state index contributed by atoms with van der Waals surface area (Å²) in [4.78, 5) is 15.7. The summed E-state index contributed by atoms with van der Waals surface area (Å²) in [5, 5.41) is 13.5. The van der Waals surface area contributed by atoms with Gasteiger partial charge in [-0.25, -0.2) is 13.9 Å². The Morgan fingerprint density at radius 2 is 1.93 bits per heavy atom. The van der Waals surface area contributed by atoms with Crippen LogP contribution in [0.2, 0.25) is 0 Å². The lowest BCUT2D eigenvalue weighted by Gasteiger charge is -2.16. The molecule has 0 fully saturated rings. The zero-order valence-corrected chi connectivity index (χ0v) is 15.4. The first-order valence-electron chi connectivity index (χ1n) is 8.59. The number of carbonyl (C=O) groups is 1. The van der Waals surface area contributed by atoms with Gasteiger partial charge in [0.2, 0.25) is 5.82 Å². The molecule has 0 spiro atoms. The maximum Gasteiger partial charge on any atom is 0.333 e. The molecule has 0 saturated carbocycles. The van der Waals surface area contributed by atoms with Crippen molar-refractivity contribution in [2.75, 3.05) is 5.32 Å². The Kier molecular flexibility index (Phi) is 4.33. The van der Waals surface area contributed by atoms with E-state index < -0.39 is 23.1 Å². The number of nitrogens with zero attached hydrogens (tertiary/aromatic N) is 4. The van der Waals surface area contributed by atoms with Gasteiger partial charge in [0.15, 0.2) is 17.4 Å². The number of carbonyl (C=O) groups excluding carboxylic acids is 1. The van der Waals surface area contributed by atoms with E-state index in [0.717, 1.165) is 30.0 Å². The Labute approximate surface area is 162 Å². The van der Waals surface area contributed by atoms with Crippen molar-refractivity contribution in [1.82, 2.24) is 24.8 Å². The van der Waals surface area contributed by atoms with Crippen molar-refractivity contribution in [3.05, 3.63) is 71.1 Å². The number of fused-ring (bicyclic) bond motifs is 1. The second-order valence-corrected chi connectivity index (χ2v) is 6.54. The topological polar surface area (TPSA) is 88.0 Å². The quantitative estimate of drug-likeness (QED) is 0.495. The van der Waals surface area contributed by atoms with Crippen molar-refractivity contribution < 1.29 is 18.0 Å². The number of halogens is 3. The third-order valence-electron chi connectivity index (χ3n) is 4.31. The zero-order valence-electron chi connectivity index (χ0n) is 15.4. The molecule has 0 amide bonds. The van der Waals surface area contributed by atoms with E-state index in [0.29, 0.717) is 16.9 Å². The van der Waals surface area contributed by atoms with Crippen LogP contribution in [0.4, 0.5) is 24.8 Å². The zero-order chi connectivity index (χ0) is 20.8. The number of H-pyrrole nitrogens is 1. The van der Waals surface area contributed by atoms with E-state index in [9.17, 15) is 9.18 Å². The highest BCUT2D eigenvalue weighted by Gasteiger charge is 2.39. The highest BCUT2D eigenvalue weighted by atomic mass is 19.3. The van der Waals surface area contributed by atoms with E-state index in [1.54, 1.807) is 13.0 Å². The number of nitrogens with one attached hydrogen (secondary N) is 2. The molecule has 4 rings (SSSR count). The molecule has 7 nitrogen and oxygen atoms in total. The van der Waals surface area contributed by atoms with Gasteiger partial charge in [0.25, 0.3) is 0 Å². The van der Waals surface area contributed by atoms with E-state index in [1.807, 2.05) is 0 Å². The van der Waals surface area contributed by atoms with Crippen molar-refractivity contribution in [3.8, 4) is 0 Å². The highest BCUT2D eigenvalue weighted by Crippen LogP contribution is 2.35. The minimum Gasteiger partial charge on any atom is -0.322 e. The molecule has 0 aliphatic rings. The van der Waals surface area contributed by atoms with Crippen molar-refractivity contribution in [2.24, 2.45) is 0 Å². The van der Waals surface area contributed by atoms with E-state index in [-0.39, 0.29) is 11.6 Å². The van der Waals surface area contributed by atoms with Gasteiger partial charge in [0.05, 0.1) is 0 Å². The summed E-state index contributed by atoms with van der Waals surface area (Å²) in [5.74, 6) is -4.87. The second-order valence-electron chi connectivity index (χ2n) is 6.54. The summed E-state index contributed by atoms with van der Waals surface area (Å²) in [6.07, 6.45) is 1.35. The second kappa shape index (κ2) is 6.73. The fourth-order valence-corrected chi connectivity index (χ4v) is 2.81. The van der Waals surface area contributed by atoms with Crippen LogP contribution in [0.5, 0.6) is 0 Å². The first kappa shape index (κ1) is 18.7. The summed E-state index contributed by atoms with van der Waals surface area (Å²) in [7, 11) is 0. The molecule has 0 aliphatic carbocycles. The van der Waals surface area contributed by atoms with Gasteiger partial charge in [-0.2, -0.15) is 13.9 Å². The third-order valence-corrected chi connectivity index (χ3v) is 4.31. The number of aryl methyl sites for hydroxylation is 1. The number of hydrogen-bond acceptors (Lipinski definition) is 5. The van der Waals surface area contributed by atoms with Gasteiger partial charge >= 0.3 is 5.92 Å². The van der Waals surface area contributed by atoms with Crippen LogP contribution in [0.3, 0.4) is 0 Å². The predicted octanol–water partition coefficient (Wildman–Crippen LogP) is 3.99. The van der Waals surface area contributed by atoms with Crippen molar-refractivity contribution >= 4 is 22.9 Å². The molecule has 0 saturated heterocycles. The number of benzene rings is 1. The van der Waals surface area contributed by atoms with Crippen molar-refractivity contribution in [1.29, 1.82) is 0 Å². The molecule has 3 aromatic heterocycles. The minimum atomic E-state index is -3.60. The molecule has 148 valence electrons. The van der Waals surface area contributed by atoms with Gasteiger partial charge in [-0.15, -0.1) is 5.10 Å². The Morgan fingerprint density at radius 1 is 1.21 bits per heavy atom. The lowest BCUT2D eigenvalue weighted by atomic mass is 10.1. The van der Waals surface area contributed by atoms with E-state index in [4.69, 9.17) is 0 Å². The summed E-state index contributed by atoms with van der Waals surface area (Å²) in [6.45, 7) is 3.15. The van der Waals surface area contributed by atoms with Crippen LogP contribution < -0.4 is 5.32 Å². The lowest BCUT2D eigenvalue weighted by molar-refractivity contribution is 0.0315. The fourth-order valence-electron chi connectivity index (χ4n) is 2.81. The summed E-state index contributed by atoms with van der Waals surface area (Å²) >= 11 is 0. The van der Waals surface area contributed by atoms with Gasteiger partial charge < -0.3 is 5.32 Å². The molecule has 3 heterocycles. The number of ketones is 1. The maximum atomic E-state index is 15.1. The molecule has 2 N–H and O–H groups in total. The largest absolute Gasteiger partial charge is 0.333 e. The Bertz CT molecular complexity index is 1210. The molecular weight excluding hydrogens is 385 g/mol. The van der Waals surface area contributed by atoms with Gasteiger partial charge in [0.1, 0.15) is 11.3 Å². The average molecular weight is 400 g/mol. The van der Waals surface area contributed by atoms with E-state index >= 15 is 8.78 Å². The molecule has 4 aromatic rings. The number of hydrogen-bond donors (Lipinski definition) is 2. The normalized spacial score (nSPS) is 11.8. The predicted molar refractivity (Wildman–Crippen MR) is 99.0 cm³/mol. The fraction of sp³-hybridized carbons (Fsp3) is 0.158. The number of anilines is 2. The third kappa shape index (κ3) is 3.44. The smallest absolute Gasteiger partial charge is 0.322 e. The van der Waals surface area contributed by atoms with Crippen LogP contribution in [0.25, 0.3) is 5.52 Å². The van der Waals surface area contributed by atoms with Crippen LogP contribution in [-0.4, -0.2) is 30.6 Å². The first-order valence-corrected chi connectivity index (χ1v) is 8.59. The number of rotatable bonds is 5. The molecule has 10 heteroatoms. The minimum absolute atomic E-state index is 0.0517. The number of aromatic nitrogens is 5. The Morgan fingerprint density at radius 3 is 2.55 bits per heavy atom. The van der Waals surface area contributed by atoms with Gasteiger partial charge in [0, 0.05) is 29.1 Å². The average Bonchev–Trinajstić information content (AvgIpc) is 3.28. The Balaban J connectivity index is 1.87. The summed E-state index contributed by atoms with van der Waals surface area (Å²) in [6, 6.07) is 7.01. The van der Waals surface area contributed by atoms with Crippen molar-refractivity contribution in [3.63, 3.8) is 0 Å². The number of alkyl halides is 2. The molecule has 0 radical (unpaired) electrons. The summed E-state index contributed by atoms with van der Waals surface area (Å²) < 4.78 is 44.4. The van der Waals surface area contributed by atoms with Gasteiger partial charge in [-0.3, -0.25) is 9.89 Å².